The third kappa shape index (κ3) is 34.4. The first-order valence-corrected chi connectivity index (χ1v) is 27.9. The average Bonchev–Trinajstić information content (AvgIpc) is 3.53. The highest BCUT2D eigenvalue weighted by atomic mass is 31.2. The Balaban J connectivity index is 2.47. The maximum absolute atomic E-state index is 12.8. The predicted octanol–water partition coefficient (Wildman–Crippen LogP) is 9.74. The summed E-state index contributed by atoms with van der Waals surface area (Å²) in [6, 6.07) is 0. The first-order valence-electron chi connectivity index (χ1n) is 24.9. The zero-order valence-corrected chi connectivity index (χ0v) is 41.8. The number of aliphatic hydroxyl groups excluding tert-OH is 3. The Kier molecular flexibility index (Phi) is 35.3. The molecule has 0 spiro atoms. The number of aliphatic hydroxyl groups is 3. The number of hydrogen-bond acceptors (Lipinski definition) is 13. The largest absolute Gasteiger partial charge is 0.472 e. The summed E-state index contributed by atoms with van der Waals surface area (Å²) in [4.78, 5) is 65.7. The van der Waals surface area contributed by atoms with Crippen LogP contribution in [-0.4, -0.2) is 98.6 Å². The second-order valence-electron chi connectivity index (χ2n) is 18.1. The molecular weight excluding hydrogens is 882 g/mol. The van der Waals surface area contributed by atoms with Gasteiger partial charge in [0.15, 0.2) is 6.10 Å². The number of carbonyl (C=O) groups excluding carboxylic acids is 3. The molecule has 1 aliphatic carbocycles. The molecule has 0 aliphatic heterocycles. The quantitative estimate of drug-likeness (QED) is 0.0144. The molecule has 8 atom stereocenters. The van der Waals surface area contributed by atoms with Crippen molar-refractivity contribution in [2.75, 3.05) is 26.4 Å². The number of carbonyl (C=O) groups is 3. The van der Waals surface area contributed by atoms with Crippen LogP contribution in [0.5, 0.6) is 0 Å². The fraction of sp³-hybridized carbons (Fsp3) is 0.894. The molecule has 0 aromatic heterocycles. The molecule has 1 rings (SSSR count). The van der Waals surface area contributed by atoms with Gasteiger partial charge in [-0.05, 0) is 37.5 Å². The van der Waals surface area contributed by atoms with Crippen LogP contribution in [-0.2, 0) is 46.6 Å². The number of phosphoric acid groups is 2. The number of esters is 2. The van der Waals surface area contributed by atoms with Gasteiger partial charge in [0, 0.05) is 25.2 Å². The zero-order valence-electron chi connectivity index (χ0n) is 40.0. The van der Waals surface area contributed by atoms with Crippen LogP contribution in [0.2, 0.25) is 0 Å². The van der Waals surface area contributed by atoms with Gasteiger partial charge in [0.1, 0.15) is 18.5 Å². The van der Waals surface area contributed by atoms with Gasteiger partial charge in [-0.2, -0.15) is 0 Å². The molecule has 1 fully saturated rings. The molecule has 16 nitrogen and oxygen atoms in total. The summed E-state index contributed by atoms with van der Waals surface area (Å²) in [6.07, 6.45) is 25.3. The van der Waals surface area contributed by atoms with Crippen molar-refractivity contribution in [2.24, 2.45) is 17.8 Å². The Morgan fingerprint density at radius 2 is 1.18 bits per heavy atom. The van der Waals surface area contributed by atoms with E-state index in [9.17, 15) is 43.7 Å². The summed E-state index contributed by atoms with van der Waals surface area (Å²) in [5.41, 5.74) is 0. The summed E-state index contributed by atoms with van der Waals surface area (Å²) < 4.78 is 47.9. The summed E-state index contributed by atoms with van der Waals surface area (Å²) in [5, 5.41) is 30.6. The fourth-order valence-electron chi connectivity index (χ4n) is 7.88. The number of rotatable bonds is 43. The van der Waals surface area contributed by atoms with E-state index >= 15 is 0 Å². The van der Waals surface area contributed by atoms with Crippen LogP contribution >= 0.6 is 15.6 Å². The molecule has 382 valence electrons. The summed E-state index contributed by atoms with van der Waals surface area (Å²) in [7, 11) is -9.77. The van der Waals surface area contributed by atoms with Gasteiger partial charge in [0.2, 0.25) is 0 Å². The topological polar surface area (TPSA) is 253 Å². The van der Waals surface area contributed by atoms with E-state index in [4.69, 9.17) is 28.3 Å². The highest BCUT2D eigenvalue weighted by Crippen LogP contribution is 2.44. The minimum Gasteiger partial charge on any atom is -0.462 e. The maximum Gasteiger partial charge on any atom is 0.472 e. The zero-order chi connectivity index (χ0) is 48.4. The van der Waals surface area contributed by atoms with Crippen LogP contribution in [0, 0.1) is 17.8 Å². The van der Waals surface area contributed by atoms with Crippen LogP contribution in [0.25, 0.3) is 0 Å². The molecule has 0 radical (unpaired) electrons. The second-order valence-corrected chi connectivity index (χ2v) is 20.8. The highest BCUT2D eigenvalue weighted by Gasteiger charge is 2.39. The number of ketones is 1. The van der Waals surface area contributed by atoms with E-state index in [2.05, 4.69) is 25.3 Å². The molecule has 0 saturated heterocycles. The fourth-order valence-corrected chi connectivity index (χ4v) is 9.03. The molecule has 2 unspecified atom stereocenters. The second kappa shape index (κ2) is 37.4. The van der Waals surface area contributed by atoms with Gasteiger partial charge >= 0.3 is 27.6 Å². The highest BCUT2D eigenvalue weighted by molar-refractivity contribution is 7.47. The van der Waals surface area contributed by atoms with Gasteiger partial charge in [-0.25, -0.2) is 9.13 Å². The van der Waals surface area contributed by atoms with Gasteiger partial charge in [-0.3, -0.25) is 28.0 Å². The molecule has 1 saturated carbocycles. The summed E-state index contributed by atoms with van der Waals surface area (Å²) in [6.45, 7) is 3.78. The molecule has 0 aromatic rings. The van der Waals surface area contributed by atoms with Crippen molar-refractivity contribution in [1.29, 1.82) is 0 Å². The van der Waals surface area contributed by atoms with Crippen LogP contribution in [0.3, 0.4) is 0 Å². The number of hydrogen-bond donors (Lipinski definition) is 6. The van der Waals surface area contributed by atoms with Crippen LogP contribution in [0.4, 0.5) is 0 Å². The van der Waals surface area contributed by atoms with E-state index in [1.165, 1.54) is 77.0 Å². The number of Topliss-reactive ketones (excluding diaryl/α,β-unsaturated/α-hetero) is 1. The van der Waals surface area contributed by atoms with Crippen molar-refractivity contribution >= 4 is 33.4 Å². The number of phosphoric ester groups is 2. The van der Waals surface area contributed by atoms with E-state index < -0.39 is 84.3 Å². The Labute approximate surface area is 390 Å². The van der Waals surface area contributed by atoms with E-state index in [1.807, 2.05) is 0 Å². The van der Waals surface area contributed by atoms with Crippen LogP contribution < -0.4 is 0 Å². The normalized spacial score (nSPS) is 19.6. The Bertz CT molecular complexity index is 1380. The maximum atomic E-state index is 12.8. The molecule has 6 N–H and O–H groups in total. The first-order chi connectivity index (χ1) is 31.0. The number of allylic oxidation sites excluding steroid dienone is 1. The lowest BCUT2D eigenvalue weighted by atomic mass is 9.88. The minimum atomic E-state index is -4.90. The van der Waals surface area contributed by atoms with E-state index in [0.29, 0.717) is 38.5 Å². The Hall–Kier alpha value is -1.55. The van der Waals surface area contributed by atoms with Gasteiger partial charge < -0.3 is 39.5 Å². The van der Waals surface area contributed by atoms with Gasteiger partial charge in [-0.1, -0.05) is 168 Å². The summed E-state index contributed by atoms with van der Waals surface area (Å²) in [5.74, 6) is -1.04. The first kappa shape index (κ1) is 61.5. The lowest BCUT2D eigenvalue weighted by Gasteiger charge is -2.20. The molecule has 0 heterocycles. The third-order valence-electron chi connectivity index (χ3n) is 12.1. The van der Waals surface area contributed by atoms with E-state index in [0.717, 1.165) is 50.9 Å². The minimum absolute atomic E-state index is 0.00590. The Morgan fingerprint density at radius 1 is 0.677 bits per heavy atom. The average molecular weight is 971 g/mol. The van der Waals surface area contributed by atoms with Crippen molar-refractivity contribution in [3.05, 3.63) is 12.2 Å². The molecule has 18 heteroatoms. The van der Waals surface area contributed by atoms with Crippen molar-refractivity contribution in [1.82, 2.24) is 0 Å². The monoisotopic (exact) mass is 971 g/mol. The smallest absolute Gasteiger partial charge is 0.462 e. The van der Waals surface area contributed by atoms with Crippen LogP contribution in [0.15, 0.2) is 12.2 Å². The van der Waals surface area contributed by atoms with Crippen molar-refractivity contribution in [3.63, 3.8) is 0 Å². The molecular formula is C47H88O16P2. The van der Waals surface area contributed by atoms with Gasteiger partial charge in [0.25, 0.3) is 0 Å². The van der Waals surface area contributed by atoms with Gasteiger partial charge in [-0.15, -0.1) is 0 Å². The molecule has 0 bridgehead atoms. The van der Waals surface area contributed by atoms with Crippen molar-refractivity contribution < 1.29 is 76.6 Å². The van der Waals surface area contributed by atoms with E-state index in [1.54, 1.807) is 12.2 Å². The molecule has 1 aliphatic rings. The lowest BCUT2D eigenvalue weighted by Crippen LogP contribution is -2.30. The van der Waals surface area contributed by atoms with Crippen molar-refractivity contribution in [3.8, 4) is 0 Å². The van der Waals surface area contributed by atoms with E-state index in [-0.39, 0.29) is 31.0 Å². The molecule has 0 amide bonds. The number of ether oxygens (including phenoxy) is 2. The standard InChI is InChI=1S/C47H88O16P2/c1-4-6-21-27-39(48)31-32-43-42(44(50)33-45(43)51)28-23-19-20-25-30-47(53)63-41(37-62-65(57,58)61-35-40(49)34-60-64(54,55)56)36-59-46(52)29-24-18-16-14-12-10-8-7-9-11-13-15-17-22-26-38(3)5-2/h31-32,38-44,48-50H,4-30,33-37H2,1-3H3,(H,57,58)(H2,54,55,56)/b32-31+/t38?,39-,40-,41+,42+,43+,44-/m0/s1. The summed E-state index contributed by atoms with van der Waals surface area (Å²) >= 11 is 0. The third-order valence-corrected chi connectivity index (χ3v) is 13.5. The van der Waals surface area contributed by atoms with Crippen molar-refractivity contribution in [2.45, 2.75) is 225 Å². The van der Waals surface area contributed by atoms with Gasteiger partial charge in [0.05, 0.1) is 32.0 Å². The predicted molar refractivity (Wildman–Crippen MR) is 249 cm³/mol. The van der Waals surface area contributed by atoms with Crippen LogP contribution in [0.1, 0.15) is 201 Å². The number of unbranched alkanes of at least 4 members (excludes halogenated alkanes) is 18. The molecule has 65 heavy (non-hydrogen) atoms. The SMILES string of the molecule is CCCCC[C@H](O)/C=C/[C@H]1C(=O)C[C@H](O)[C@@H]1CCCCCCC(=O)O[C@H](COC(=O)CCCCCCCCCCCCCCCCC(C)CC)COP(=O)(O)OC[C@@H](O)COP(=O)(O)O. The molecule has 0 aromatic carbocycles. The Morgan fingerprint density at radius 3 is 1.75 bits per heavy atom. The lowest BCUT2D eigenvalue weighted by molar-refractivity contribution is -0.161.